The molecule has 1 aromatic heterocycles. The Bertz CT molecular complexity index is 1870. The van der Waals surface area contributed by atoms with Crippen molar-refractivity contribution in [2.24, 2.45) is 24.6 Å². The molecular weight excluding hydrogens is 730 g/mol. The quantitative estimate of drug-likeness (QED) is 0.248. The topological polar surface area (TPSA) is 166 Å². The van der Waals surface area contributed by atoms with E-state index in [1.165, 1.54) is 29.8 Å². The molecule has 3 fully saturated rings. The first-order chi connectivity index (χ1) is 25.1. The van der Waals surface area contributed by atoms with Crippen molar-refractivity contribution in [3.05, 3.63) is 64.6 Å². The molecule has 0 radical (unpaired) electrons. The Hall–Kier alpha value is -5.07. The molecule has 6 rings (SSSR count). The number of halogens is 5. The van der Waals surface area contributed by atoms with E-state index >= 15 is 0 Å². The summed E-state index contributed by atoms with van der Waals surface area (Å²) in [5.41, 5.74) is 5.47. The molecule has 0 bridgehead atoms. The first-order valence-corrected chi connectivity index (χ1v) is 16.4. The zero-order valence-corrected chi connectivity index (χ0v) is 30.0. The maximum Gasteiger partial charge on any atom is 0.387 e. The second-order valence-electron chi connectivity index (χ2n) is 12.8. The number of fused-ring (bicyclic) bond motifs is 1. The van der Waals surface area contributed by atoms with E-state index in [2.05, 4.69) is 19.8 Å². The molecule has 14 nitrogen and oxygen atoms in total. The number of hydrogen-bond acceptors (Lipinski definition) is 8. The van der Waals surface area contributed by atoms with Gasteiger partial charge in [-0.3, -0.25) is 19.2 Å². The third-order valence-corrected chi connectivity index (χ3v) is 9.66. The standard InChI is InChI=1S/C31H30ClF4N7O5.C2H6O.CH2O/c1-40-20(17-5-6-21(48-31(35)36)25(34)24(17)33)12-38-27(40)28(45)39-15-3-4-16(19(32)11-15)29(46)41-7-9-42(10-8-41)30(47)23-18-13-43(2,26(18)23)14-22(37)44;1-3-2;1-2/h3-6,11-12,18,23,26,31H,7-10,13-14H2,1-2H3,(H2-,37,39,44,45,46);1-2H3;1H2/p+1/t18-,23-,26-,43?;;/m1../s1. The summed E-state index contributed by atoms with van der Waals surface area (Å²) in [5.74, 6) is -5.50. The number of amides is 4. The number of hydrogen-bond donors (Lipinski definition) is 2. The zero-order chi connectivity index (χ0) is 39.4. The fourth-order valence-electron chi connectivity index (χ4n) is 7.00. The van der Waals surface area contributed by atoms with Gasteiger partial charge in [-0.15, -0.1) is 0 Å². The van der Waals surface area contributed by atoms with E-state index in [1.807, 2.05) is 13.8 Å². The largest absolute Gasteiger partial charge is 0.432 e. The minimum absolute atomic E-state index is 0.00821. The average Bonchev–Trinajstić information content (AvgIpc) is 3.60. The lowest BCUT2D eigenvalue weighted by atomic mass is 10.1. The molecule has 3 aliphatic rings. The van der Waals surface area contributed by atoms with E-state index in [-0.39, 0.29) is 75.5 Å². The number of nitrogens with zero attached hydrogens (tertiary/aromatic N) is 5. The summed E-state index contributed by atoms with van der Waals surface area (Å²) in [6.45, 7) is 0.959. The first-order valence-electron chi connectivity index (χ1n) is 16.1. The van der Waals surface area contributed by atoms with Crippen molar-refractivity contribution in [1.29, 1.82) is 0 Å². The lowest BCUT2D eigenvalue weighted by Gasteiger charge is -2.40. The number of imidazole rings is 1. The zero-order valence-electron chi connectivity index (χ0n) is 29.3. The molecule has 3 aromatic rings. The maximum atomic E-state index is 14.7. The van der Waals surface area contributed by atoms with Crippen molar-refractivity contribution in [2.75, 3.05) is 65.9 Å². The summed E-state index contributed by atoms with van der Waals surface area (Å²) in [4.78, 5) is 66.2. The average molecular weight is 769 g/mol. The molecular formula is C34H39ClF4N7O7+. The number of carbonyl (C=O) groups is 5. The van der Waals surface area contributed by atoms with Gasteiger partial charge >= 0.3 is 6.61 Å². The smallest absolute Gasteiger partial charge is 0.387 e. The van der Waals surface area contributed by atoms with Crippen molar-refractivity contribution in [2.45, 2.75) is 12.7 Å². The van der Waals surface area contributed by atoms with Gasteiger partial charge in [0.25, 0.3) is 17.7 Å². The summed E-state index contributed by atoms with van der Waals surface area (Å²) in [5, 5.41) is 2.67. The van der Waals surface area contributed by atoms with Gasteiger partial charge in [-0.05, 0) is 30.3 Å². The van der Waals surface area contributed by atoms with E-state index in [9.17, 15) is 36.7 Å². The van der Waals surface area contributed by atoms with Crippen molar-refractivity contribution < 1.29 is 55.5 Å². The number of likely N-dealkylation sites (N-methyl/N-ethyl adjacent to an activating group) is 1. The highest BCUT2D eigenvalue weighted by Crippen LogP contribution is 2.57. The summed E-state index contributed by atoms with van der Waals surface area (Å²) in [6, 6.07) is 6.31. The summed E-state index contributed by atoms with van der Waals surface area (Å²) >= 11 is 6.44. The van der Waals surface area contributed by atoms with Gasteiger partial charge < -0.3 is 44.2 Å². The molecule has 2 aliphatic heterocycles. The van der Waals surface area contributed by atoms with Crippen molar-refractivity contribution in [3.8, 4) is 17.0 Å². The molecule has 3 N–H and O–H groups in total. The number of piperazine rings is 1. The summed E-state index contributed by atoms with van der Waals surface area (Å²) in [6.07, 6.45) is 1.12. The molecule has 1 saturated carbocycles. The number of alkyl halides is 2. The highest BCUT2D eigenvalue weighted by atomic mass is 35.5. The number of nitrogens with two attached hydrogens (primary N) is 1. The predicted molar refractivity (Wildman–Crippen MR) is 183 cm³/mol. The van der Waals surface area contributed by atoms with Crippen molar-refractivity contribution >= 4 is 47.7 Å². The van der Waals surface area contributed by atoms with E-state index in [0.29, 0.717) is 30.7 Å². The molecule has 53 heavy (non-hydrogen) atoms. The lowest BCUT2D eigenvalue weighted by molar-refractivity contribution is -0.946. The Balaban J connectivity index is 0.00000119. The summed E-state index contributed by atoms with van der Waals surface area (Å²) < 4.78 is 63.8. The van der Waals surface area contributed by atoms with Crippen LogP contribution in [-0.2, 0) is 26.2 Å². The third kappa shape index (κ3) is 8.44. The van der Waals surface area contributed by atoms with Crippen LogP contribution in [0.2, 0.25) is 5.02 Å². The maximum absolute atomic E-state index is 14.7. The van der Waals surface area contributed by atoms with E-state index in [1.54, 1.807) is 24.0 Å². The number of anilines is 1. The first kappa shape index (κ1) is 40.7. The van der Waals surface area contributed by atoms with Crippen LogP contribution in [0, 0.1) is 23.5 Å². The molecule has 286 valence electrons. The molecule has 19 heteroatoms. The molecule has 1 unspecified atom stereocenters. The molecule has 3 heterocycles. The highest BCUT2D eigenvalue weighted by molar-refractivity contribution is 6.34. The normalized spacial score (nSPS) is 21.2. The highest BCUT2D eigenvalue weighted by Gasteiger charge is 2.75. The number of methoxy groups -OCH3 is 1. The van der Waals surface area contributed by atoms with Gasteiger partial charge in [0.2, 0.25) is 11.7 Å². The lowest BCUT2D eigenvalue weighted by Crippen LogP contribution is -2.59. The second-order valence-corrected chi connectivity index (χ2v) is 13.2. The monoisotopic (exact) mass is 768 g/mol. The Morgan fingerprint density at radius 2 is 1.68 bits per heavy atom. The molecule has 2 aromatic carbocycles. The molecule has 4 atom stereocenters. The number of ether oxygens (including phenoxy) is 2. The van der Waals surface area contributed by atoms with Crippen LogP contribution in [0.3, 0.4) is 0 Å². The number of rotatable bonds is 9. The van der Waals surface area contributed by atoms with Gasteiger partial charge in [0.15, 0.2) is 23.9 Å². The van der Waals surface area contributed by atoms with Gasteiger partial charge in [-0.1, -0.05) is 11.6 Å². The van der Waals surface area contributed by atoms with Crippen molar-refractivity contribution in [1.82, 2.24) is 19.4 Å². The number of carbonyl (C=O) groups excluding carboxylic acids is 5. The van der Waals surface area contributed by atoms with Gasteiger partial charge in [0.1, 0.15) is 18.7 Å². The van der Waals surface area contributed by atoms with Crippen LogP contribution in [0.4, 0.5) is 23.2 Å². The van der Waals surface area contributed by atoms with Gasteiger partial charge in [-0.2, -0.15) is 13.2 Å². The Kier molecular flexibility index (Phi) is 12.8. The third-order valence-electron chi connectivity index (χ3n) is 9.34. The fourth-order valence-corrected chi connectivity index (χ4v) is 7.26. The minimum atomic E-state index is -3.34. The van der Waals surface area contributed by atoms with Crippen LogP contribution < -0.4 is 15.8 Å². The van der Waals surface area contributed by atoms with Crippen LogP contribution in [-0.4, -0.2) is 127 Å². The van der Waals surface area contributed by atoms with E-state index in [0.717, 1.165) is 24.9 Å². The van der Waals surface area contributed by atoms with Crippen LogP contribution >= 0.6 is 11.6 Å². The molecule has 2 saturated heterocycles. The second kappa shape index (κ2) is 16.7. The number of aromatic nitrogens is 2. The Morgan fingerprint density at radius 3 is 2.26 bits per heavy atom. The van der Waals surface area contributed by atoms with Crippen LogP contribution in [0.1, 0.15) is 21.0 Å². The molecule has 4 amide bonds. The van der Waals surface area contributed by atoms with E-state index in [4.69, 9.17) is 22.1 Å². The predicted octanol–water partition coefficient (Wildman–Crippen LogP) is 2.79. The fraction of sp³-hybridized carbons (Fsp3) is 0.412. The number of benzene rings is 2. The summed E-state index contributed by atoms with van der Waals surface area (Å²) in [7, 11) is 6.58. The number of primary amides is 1. The van der Waals surface area contributed by atoms with Crippen LogP contribution in [0.15, 0.2) is 36.5 Å². The Labute approximate surface area is 306 Å². The van der Waals surface area contributed by atoms with Crippen LogP contribution in [0.5, 0.6) is 5.75 Å². The number of quaternary nitrogens is 1. The van der Waals surface area contributed by atoms with Crippen LogP contribution in [0.25, 0.3) is 11.3 Å². The van der Waals surface area contributed by atoms with E-state index < -0.39 is 29.9 Å². The van der Waals surface area contributed by atoms with Gasteiger partial charge in [-0.25, -0.2) is 9.37 Å². The van der Waals surface area contributed by atoms with Crippen molar-refractivity contribution in [3.63, 3.8) is 0 Å². The van der Waals surface area contributed by atoms with Gasteiger partial charge in [0, 0.05) is 58.7 Å². The van der Waals surface area contributed by atoms with Gasteiger partial charge in [0.05, 0.1) is 42.0 Å². The SMILES string of the molecule is C=O.COC.Cn1c(-c2ccc(OC(F)F)c(F)c2F)cnc1C(=O)Nc1ccc(C(=O)N2CCN(C(=O)[C@@H]3[C@H]4C[N+](C)(CC(N)=O)[C@H]43)CC2)c(Cl)c1. The number of nitrogens with one attached hydrogen (secondary N) is 1. The Morgan fingerprint density at radius 1 is 1.06 bits per heavy atom. The number of likely N-dealkylation sites (tertiary alicyclic amines) is 1. The minimum Gasteiger partial charge on any atom is -0.432 e. The molecule has 1 aliphatic carbocycles. The molecule has 0 spiro atoms.